The average Bonchev–Trinajstić information content (AvgIpc) is 2.61. The molecule has 0 spiro atoms. The third-order valence-electron chi connectivity index (χ3n) is 4.50. The maximum absolute atomic E-state index is 13.8. The highest BCUT2D eigenvalue weighted by Gasteiger charge is 2.23. The molecular formula is C19H20ClFN2O3. The fraction of sp³-hybridized carbons (Fsp3) is 0.368. The van der Waals surface area contributed by atoms with Gasteiger partial charge in [-0.1, -0.05) is 23.7 Å². The van der Waals surface area contributed by atoms with Crippen molar-refractivity contribution in [3.8, 4) is 5.88 Å². The SMILES string of the molecule is O=C(O)CN1CCC(c2cccc(OCc3ccc(Cl)cc3F)n2)CC1. The number of likely N-dealkylation sites (tertiary alicyclic amines) is 1. The summed E-state index contributed by atoms with van der Waals surface area (Å²) in [5, 5.41) is 9.22. The number of pyridine rings is 1. The van der Waals surface area contributed by atoms with Crippen molar-refractivity contribution in [2.45, 2.75) is 25.4 Å². The van der Waals surface area contributed by atoms with E-state index < -0.39 is 11.8 Å². The van der Waals surface area contributed by atoms with Crippen LogP contribution in [0.4, 0.5) is 4.39 Å². The number of nitrogens with zero attached hydrogens (tertiary/aromatic N) is 2. The second-order valence-electron chi connectivity index (χ2n) is 6.37. The van der Waals surface area contributed by atoms with Crippen LogP contribution in [-0.2, 0) is 11.4 Å². The Hall–Kier alpha value is -2.18. The summed E-state index contributed by atoms with van der Waals surface area (Å²) in [5.41, 5.74) is 1.35. The molecule has 1 aliphatic heterocycles. The molecule has 26 heavy (non-hydrogen) atoms. The molecule has 0 saturated carbocycles. The molecule has 1 aromatic heterocycles. The molecule has 138 valence electrons. The Morgan fingerprint density at radius 3 is 2.77 bits per heavy atom. The Kier molecular flexibility index (Phi) is 6.06. The van der Waals surface area contributed by atoms with Crippen molar-refractivity contribution in [2.24, 2.45) is 0 Å². The van der Waals surface area contributed by atoms with Gasteiger partial charge in [0.05, 0.1) is 6.54 Å². The van der Waals surface area contributed by atoms with Crippen molar-refractivity contribution in [2.75, 3.05) is 19.6 Å². The molecular weight excluding hydrogens is 359 g/mol. The van der Waals surface area contributed by atoms with Gasteiger partial charge in [-0.25, -0.2) is 9.37 Å². The van der Waals surface area contributed by atoms with Gasteiger partial charge < -0.3 is 9.84 Å². The molecule has 1 fully saturated rings. The second kappa shape index (κ2) is 8.47. The zero-order chi connectivity index (χ0) is 18.5. The molecule has 0 unspecified atom stereocenters. The van der Waals surface area contributed by atoms with E-state index in [2.05, 4.69) is 4.98 Å². The van der Waals surface area contributed by atoms with Crippen molar-refractivity contribution < 1.29 is 19.0 Å². The Morgan fingerprint density at radius 1 is 1.31 bits per heavy atom. The number of hydrogen-bond donors (Lipinski definition) is 1. The molecule has 0 amide bonds. The maximum Gasteiger partial charge on any atom is 0.317 e. The van der Waals surface area contributed by atoms with E-state index in [1.165, 1.54) is 6.07 Å². The lowest BCUT2D eigenvalue weighted by atomic mass is 9.93. The number of aromatic nitrogens is 1. The molecule has 0 aliphatic carbocycles. The van der Waals surface area contributed by atoms with Crippen LogP contribution in [0, 0.1) is 5.82 Å². The Balaban J connectivity index is 1.59. The first-order valence-corrected chi connectivity index (χ1v) is 8.87. The number of hydrogen-bond acceptors (Lipinski definition) is 4. The lowest BCUT2D eigenvalue weighted by molar-refractivity contribution is -0.138. The normalized spacial score (nSPS) is 15.8. The number of carbonyl (C=O) groups is 1. The van der Waals surface area contributed by atoms with Crippen molar-refractivity contribution in [3.05, 3.63) is 58.5 Å². The summed E-state index contributed by atoms with van der Waals surface area (Å²) >= 11 is 5.75. The number of ether oxygens (including phenoxy) is 1. The van der Waals surface area contributed by atoms with Gasteiger partial charge in [0, 0.05) is 28.3 Å². The molecule has 7 heteroatoms. The predicted molar refractivity (Wildman–Crippen MR) is 96.0 cm³/mol. The van der Waals surface area contributed by atoms with Gasteiger partial charge in [0.25, 0.3) is 0 Å². The number of halogens is 2. The largest absolute Gasteiger partial charge is 0.480 e. The molecule has 3 rings (SSSR count). The van der Waals surface area contributed by atoms with Gasteiger partial charge in [-0.15, -0.1) is 0 Å². The summed E-state index contributed by atoms with van der Waals surface area (Å²) in [4.78, 5) is 17.3. The highest BCUT2D eigenvalue weighted by molar-refractivity contribution is 6.30. The second-order valence-corrected chi connectivity index (χ2v) is 6.81. The predicted octanol–water partition coefficient (Wildman–Crippen LogP) is 3.72. The minimum Gasteiger partial charge on any atom is -0.480 e. The summed E-state index contributed by atoms with van der Waals surface area (Å²) in [7, 11) is 0. The van der Waals surface area contributed by atoms with E-state index in [4.69, 9.17) is 21.4 Å². The van der Waals surface area contributed by atoms with Crippen molar-refractivity contribution in [1.29, 1.82) is 0 Å². The van der Waals surface area contributed by atoms with Crippen LogP contribution in [0.15, 0.2) is 36.4 Å². The van der Waals surface area contributed by atoms with E-state index in [1.807, 2.05) is 17.0 Å². The molecule has 1 aliphatic rings. The first kappa shape index (κ1) is 18.6. The van der Waals surface area contributed by atoms with Gasteiger partial charge in [0.1, 0.15) is 12.4 Å². The minimum absolute atomic E-state index is 0.0793. The first-order chi connectivity index (χ1) is 12.5. The quantitative estimate of drug-likeness (QED) is 0.830. The van der Waals surface area contributed by atoms with E-state index in [0.29, 0.717) is 16.5 Å². The van der Waals surface area contributed by atoms with Crippen LogP contribution in [0.3, 0.4) is 0 Å². The van der Waals surface area contributed by atoms with Crippen LogP contribution in [0.1, 0.15) is 30.0 Å². The van der Waals surface area contributed by atoms with E-state index in [0.717, 1.165) is 31.6 Å². The lowest BCUT2D eigenvalue weighted by Gasteiger charge is -2.30. The van der Waals surface area contributed by atoms with Gasteiger partial charge in [-0.3, -0.25) is 9.69 Å². The molecule has 1 aromatic carbocycles. The monoisotopic (exact) mass is 378 g/mol. The first-order valence-electron chi connectivity index (χ1n) is 8.49. The fourth-order valence-corrected chi connectivity index (χ4v) is 3.27. The number of carboxylic acid groups (broad SMARTS) is 1. The van der Waals surface area contributed by atoms with Crippen LogP contribution in [0.25, 0.3) is 0 Å². The van der Waals surface area contributed by atoms with Gasteiger partial charge in [0.15, 0.2) is 0 Å². The lowest BCUT2D eigenvalue weighted by Crippen LogP contribution is -2.36. The Morgan fingerprint density at radius 2 is 2.08 bits per heavy atom. The Labute approximate surface area is 156 Å². The third-order valence-corrected chi connectivity index (χ3v) is 4.74. The smallest absolute Gasteiger partial charge is 0.317 e. The van der Waals surface area contributed by atoms with E-state index >= 15 is 0 Å². The van der Waals surface area contributed by atoms with Gasteiger partial charge >= 0.3 is 5.97 Å². The molecule has 1 saturated heterocycles. The molecule has 1 N–H and O–H groups in total. The topological polar surface area (TPSA) is 62.7 Å². The summed E-state index contributed by atoms with van der Waals surface area (Å²) in [6.45, 7) is 1.63. The minimum atomic E-state index is -0.800. The van der Waals surface area contributed by atoms with Crippen molar-refractivity contribution in [1.82, 2.24) is 9.88 Å². The average molecular weight is 379 g/mol. The molecule has 0 bridgehead atoms. The van der Waals surface area contributed by atoms with Crippen molar-refractivity contribution >= 4 is 17.6 Å². The number of rotatable bonds is 6. The molecule has 0 atom stereocenters. The zero-order valence-corrected chi connectivity index (χ0v) is 15.0. The fourth-order valence-electron chi connectivity index (χ4n) is 3.11. The Bertz CT molecular complexity index is 779. The van der Waals surface area contributed by atoms with E-state index in [-0.39, 0.29) is 19.1 Å². The van der Waals surface area contributed by atoms with Crippen LogP contribution in [0.5, 0.6) is 5.88 Å². The molecule has 2 aromatic rings. The molecule has 0 radical (unpaired) electrons. The van der Waals surface area contributed by atoms with Gasteiger partial charge in [0.2, 0.25) is 5.88 Å². The van der Waals surface area contributed by atoms with Crippen molar-refractivity contribution in [3.63, 3.8) is 0 Å². The van der Waals surface area contributed by atoms with Crippen LogP contribution in [-0.4, -0.2) is 40.6 Å². The number of piperidine rings is 1. The summed E-state index contributed by atoms with van der Waals surface area (Å²) < 4.78 is 19.5. The third kappa shape index (κ3) is 4.93. The number of carboxylic acids is 1. The maximum atomic E-state index is 13.8. The zero-order valence-electron chi connectivity index (χ0n) is 14.2. The van der Waals surface area contributed by atoms with Crippen LogP contribution >= 0.6 is 11.6 Å². The summed E-state index contributed by atoms with van der Waals surface area (Å²) in [6, 6.07) is 10.1. The van der Waals surface area contributed by atoms with Crippen LogP contribution < -0.4 is 4.74 Å². The highest BCUT2D eigenvalue weighted by Crippen LogP contribution is 2.28. The summed E-state index contributed by atoms with van der Waals surface area (Å²) in [5.74, 6) is -0.480. The van der Waals surface area contributed by atoms with Gasteiger partial charge in [-0.2, -0.15) is 0 Å². The summed E-state index contributed by atoms with van der Waals surface area (Å²) in [6.07, 6.45) is 1.71. The number of benzene rings is 1. The number of aliphatic carboxylic acids is 1. The van der Waals surface area contributed by atoms with E-state index in [1.54, 1.807) is 18.2 Å². The standard InChI is InChI=1S/C19H20ClFN2O3/c20-15-5-4-14(16(21)10-15)12-26-18-3-1-2-17(22-18)13-6-8-23(9-7-13)11-19(24)25/h1-5,10,13H,6-9,11-12H2,(H,24,25). The molecule has 2 heterocycles. The van der Waals surface area contributed by atoms with Crippen LogP contribution in [0.2, 0.25) is 5.02 Å². The van der Waals surface area contributed by atoms with E-state index in [9.17, 15) is 9.18 Å². The highest BCUT2D eigenvalue weighted by atomic mass is 35.5. The molecule has 5 nitrogen and oxygen atoms in total. The van der Waals surface area contributed by atoms with Gasteiger partial charge in [-0.05, 0) is 44.1 Å².